The van der Waals surface area contributed by atoms with E-state index < -0.39 is 5.91 Å². The summed E-state index contributed by atoms with van der Waals surface area (Å²) in [7, 11) is 0. The first-order valence-corrected chi connectivity index (χ1v) is 4.26. The highest BCUT2D eigenvalue weighted by atomic mass is 35.5. The number of nitrogens with zero attached hydrogens (tertiary/aromatic N) is 1. The molecule has 0 spiro atoms. The Bertz CT molecular complexity index is 374. The van der Waals surface area contributed by atoms with Gasteiger partial charge in [-0.1, -0.05) is 11.6 Å². The molecule has 0 radical (unpaired) electrons. The largest absolute Gasteiger partial charge is 0.365 e. The zero-order chi connectivity index (χ0) is 10.2. The molecule has 3 nitrogen and oxygen atoms in total. The fourth-order valence-electron chi connectivity index (χ4n) is 1.19. The lowest BCUT2D eigenvalue weighted by atomic mass is 10.0. The van der Waals surface area contributed by atoms with Gasteiger partial charge in [0.05, 0.1) is 5.56 Å². The number of amides is 1. The number of halogens is 1. The quantitative estimate of drug-likeness (QED) is 0.700. The maximum Gasteiger partial charge on any atom is 0.252 e. The van der Waals surface area contributed by atoms with Gasteiger partial charge in [0.2, 0.25) is 0 Å². The molecule has 0 atom stereocenters. The van der Waals surface area contributed by atoms with Gasteiger partial charge in [-0.05, 0) is 31.9 Å². The first kappa shape index (κ1) is 9.99. The Morgan fingerprint density at radius 3 is 2.31 bits per heavy atom. The van der Waals surface area contributed by atoms with Crippen molar-refractivity contribution in [1.29, 1.82) is 0 Å². The van der Waals surface area contributed by atoms with Crippen molar-refractivity contribution in [1.82, 2.24) is 4.98 Å². The molecule has 0 saturated heterocycles. The summed E-state index contributed by atoms with van der Waals surface area (Å²) >= 11 is 5.79. The van der Waals surface area contributed by atoms with Crippen LogP contribution in [0, 0.1) is 20.8 Å². The summed E-state index contributed by atoms with van der Waals surface area (Å²) in [5.74, 6) is -0.530. The van der Waals surface area contributed by atoms with Crippen molar-refractivity contribution in [3.05, 3.63) is 27.5 Å². The van der Waals surface area contributed by atoms with E-state index in [1.54, 1.807) is 0 Å². The number of carbonyl (C=O) groups excluding carboxylic acids is 1. The number of nitrogens with two attached hydrogens (primary N) is 1. The van der Waals surface area contributed by atoms with Crippen LogP contribution in [0.4, 0.5) is 0 Å². The zero-order valence-electron chi connectivity index (χ0n) is 7.81. The van der Waals surface area contributed by atoms with Gasteiger partial charge in [0, 0.05) is 5.69 Å². The fraction of sp³-hybridized carbons (Fsp3) is 0.333. The summed E-state index contributed by atoms with van der Waals surface area (Å²) in [5.41, 5.74) is 8.09. The molecular formula is C9H11ClN2O. The molecule has 0 aliphatic carbocycles. The van der Waals surface area contributed by atoms with E-state index in [4.69, 9.17) is 17.3 Å². The topological polar surface area (TPSA) is 56.0 Å². The smallest absolute Gasteiger partial charge is 0.252 e. The maximum absolute atomic E-state index is 11.0. The second kappa shape index (κ2) is 3.34. The van der Waals surface area contributed by atoms with Crippen LogP contribution in [0.1, 0.15) is 27.2 Å². The molecule has 0 bridgehead atoms. The lowest BCUT2D eigenvalue weighted by molar-refractivity contribution is 0.0999. The number of rotatable bonds is 1. The number of pyridine rings is 1. The Labute approximate surface area is 81.9 Å². The number of primary amides is 1. The Kier molecular flexibility index (Phi) is 2.57. The van der Waals surface area contributed by atoms with Crippen LogP contribution >= 0.6 is 11.6 Å². The Morgan fingerprint density at radius 2 is 1.85 bits per heavy atom. The first-order chi connectivity index (χ1) is 5.95. The number of hydrogen-bond acceptors (Lipinski definition) is 2. The molecule has 1 aromatic rings. The molecule has 4 heteroatoms. The van der Waals surface area contributed by atoms with Crippen LogP contribution in [0.15, 0.2) is 0 Å². The van der Waals surface area contributed by atoms with Crippen molar-refractivity contribution in [3.63, 3.8) is 0 Å². The van der Waals surface area contributed by atoms with Crippen LogP contribution in [-0.2, 0) is 0 Å². The number of aryl methyl sites for hydroxylation is 1. The average Bonchev–Trinajstić information content (AvgIpc) is 1.99. The third-order valence-electron chi connectivity index (χ3n) is 2.20. The van der Waals surface area contributed by atoms with E-state index in [-0.39, 0.29) is 5.15 Å². The summed E-state index contributed by atoms with van der Waals surface area (Å²) in [6, 6.07) is 0. The van der Waals surface area contributed by atoms with Gasteiger partial charge in [-0.25, -0.2) is 4.98 Å². The van der Waals surface area contributed by atoms with Gasteiger partial charge in [0.1, 0.15) is 5.15 Å². The first-order valence-electron chi connectivity index (χ1n) is 3.88. The Morgan fingerprint density at radius 1 is 1.31 bits per heavy atom. The van der Waals surface area contributed by atoms with Gasteiger partial charge in [-0.2, -0.15) is 0 Å². The van der Waals surface area contributed by atoms with E-state index >= 15 is 0 Å². The Hall–Kier alpha value is -1.09. The molecule has 1 amide bonds. The lowest BCUT2D eigenvalue weighted by Crippen LogP contribution is -2.15. The van der Waals surface area contributed by atoms with Crippen molar-refractivity contribution in [2.45, 2.75) is 20.8 Å². The van der Waals surface area contributed by atoms with Crippen molar-refractivity contribution in [3.8, 4) is 0 Å². The highest BCUT2D eigenvalue weighted by Crippen LogP contribution is 2.21. The average molecular weight is 199 g/mol. The van der Waals surface area contributed by atoms with Crippen molar-refractivity contribution in [2.75, 3.05) is 0 Å². The van der Waals surface area contributed by atoms with Gasteiger partial charge in [0.25, 0.3) is 5.91 Å². The summed E-state index contributed by atoms with van der Waals surface area (Å²) in [6.07, 6.45) is 0. The standard InChI is InChI=1S/C9H11ClN2O/c1-4-5(2)7(9(11)13)8(10)12-6(4)3/h1-3H3,(H2,11,13). The van der Waals surface area contributed by atoms with Gasteiger partial charge in [0.15, 0.2) is 0 Å². The third-order valence-corrected chi connectivity index (χ3v) is 2.47. The summed E-state index contributed by atoms with van der Waals surface area (Å²) in [5, 5.41) is 0.188. The molecule has 0 unspecified atom stereocenters. The number of carbonyl (C=O) groups is 1. The normalized spacial score (nSPS) is 10.2. The van der Waals surface area contributed by atoms with Crippen LogP contribution in [0.25, 0.3) is 0 Å². The highest BCUT2D eigenvalue weighted by Gasteiger charge is 2.14. The van der Waals surface area contributed by atoms with Crippen molar-refractivity contribution >= 4 is 17.5 Å². The summed E-state index contributed by atoms with van der Waals surface area (Å²) in [4.78, 5) is 15.0. The van der Waals surface area contributed by atoms with Crippen LogP contribution in [0.2, 0.25) is 5.15 Å². The minimum absolute atomic E-state index is 0.188. The third kappa shape index (κ3) is 1.65. The summed E-state index contributed by atoms with van der Waals surface area (Å²) < 4.78 is 0. The highest BCUT2D eigenvalue weighted by molar-refractivity contribution is 6.32. The van der Waals surface area contributed by atoms with E-state index in [1.165, 1.54) is 0 Å². The van der Waals surface area contributed by atoms with Crippen LogP contribution in [-0.4, -0.2) is 10.9 Å². The molecule has 2 N–H and O–H groups in total. The van der Waals surface area contributed by atoms with Crippen LogP contribution < -0.4 is 5.73 Å². The molecule has 0 aromatic carbocycles. The predicted molar refractivity (Wildman–Crippen MR) is 52.0 cm³/mol. The monoisotopic (exact) mass is 198 g/mol. The van der Waals surface area contributed by atoms with Gasteiger partial charge >= 0.3 is 0 Å². The Balaban J connectivity index is 3.53. The SMILES string of the molecule is Cc1nc(Cl)c(C(N)=O)c(C)c1C. The molecular weight excluding hydrogens is 188 g/mol. The number of aromatic nitrogens is 1. The molecule has 1 rings (SSSR count). The predicted octanol–water partition coefficient (Wildman–Crippen LogP) is 1.76. The van der Waals surface area contributed by atoms with Crippen molar-refractivity contribution in [2.24, 2.45) is 5.73 Å². The van der Waals surface area contributed by atoms with Gasteiger partial charge in [-0.15, -0.1) is 0 Å². The molecule has 13 heavy (non-hydrogen) atoms. The van der Waals surface area contributed by atoms with Crippen molar-refractivity contribution < 1.29 is 4.79 Å². The van der Waals surface area contributed by atoms with E-state index in [0.29, 0.717) is 5.56 Å². The summed E-state index contributed by atoms with van der Waals surface area (Å²) in [6.45, 7) is 5.55. The maximum atomic E-state index is 11.0. The molecule has 1 heterocycles. The van der Waals surface area contributed by atoms with Crippen LogP contribution in [0.5, 0.6) is 0 Å². The molecule has 0 aliphatic rings. The molecule has 0 saturated carbocycles. The molecule has 1 aromatic heterocycles. The zero-order valence-corrected chi connectivity index (χ0v) is 8.57. The molecule has 0 fully saturated rings. The van der Waals surface area contributed by atoms with E-state index in [9.17, 15) is 4.79 Å². The number of hydrogen-bond donors (Lipinski definition) is 1. The van der Waals surface area contributed by atoms with E-state index in [2.05, 4.69) is 4.98 Å². The second-order valence-corrected chi connectivity index (χ2v) is 3.34. The fourth-order valence-corrected chi connectivity index (χ4v) is 1.55. The van der Waals surface area contributed by atoms with E-state index in [0.717, 1.165) is 16.8 Å². The van der Waals surface area contributed by atoms with Gasteiger partial charge in [-0.3, -0.25) is 4.79 Å². The van der Waals surface area contributed by atoms with Gasteiger partial charge < -0.3 is 5.73 Å². The minimum Gasteiger partial charge on any atom is -0.365 e. The lowest BCUT2D eigenvalue weighted by Gasteiger charge is -2.09. The van der Waals surface area contributed by atoms with Crippen LogP contribution in [0.3, 0.4) is 0 Å². The second-order valence-electron chi connectivity index (χ2n) is 2.98. The molecule has 0 aliphatic heterocycles. The van der Waals surface area contributed by atoms with E-state index in [1.807, 2.05) is 20.8 Å². The minimum atomic E-state index is -0.530. The molecule has 70 valence electrons.